The van der Waals surface area contributed by atoms with Gasteiger partial charge in [0.15, 0.2) is 5.78 Å². The standard InChI is InChI=1S/C14H16N2O3/c17-9-8-16(10-12-4-2-1-3-5-12)14(19)15-7-6-13(18)11-15/h1-5,9H,6-8,10-11H2. The average molecular weight is 260 g/mol. The normalized spacial score (nSPS) is 14.5. The summed E-state index contributed by atoms with van der Waals surface area (Å²) in [5.41, 5.74) is 0.961. The van der Waals surface area contributed by atoms with E-state index >= 15 is 0 Å². The zero-order valence-corrected chi connectivity index (χ0v) is 10.6. The fourth-order valence-corrected chi connectivity index (χ4v) is 2.10. The molecule has 0 N–H and O–H groups in total. The Hall–Kier alpha value is -2.17. The van der Waals surface area contributed by atoms with Crippen molar-refractivity contribution in [1.82, 2.24) is 9.80 Å². The van der Waals surface area contributed by atoms with Crippen LogP contribution in [0.3, 0.4) is 0 Å². The van der Waals surface area contributed by atoms with Crippen molar-refractivity contribution < 1.29 is 14.4 Å². The van der Waals surface area contributed by atoms with E-state index in [0.29, 0.717) is 25.8 Å². The second-order valence-electron chi connectivity index (χ2n) is 4.53. The Morgan fingerprint density at radius 1 is 1.32 bits per heavy atom. The van der Waals surface area contributed by atoms with Crippen molar-refractivity contribution >= 4 is 18.1 Å². The van der Waals surface area contributed by atoms with E-state index < -0.39 is 0 Å². The van der Waals surface area contributed by atoms with Crippen LogP contribution in [0.4, 0.5) is 4.79 Å². The van der Waals surface area contributed by atoms with Gasteiger partial charge in [-0.05, 0) is 5.56 Å². The second kappa shape index (κ2) is 6.13. The van der Waals surface area contributed by atoms with Crippen molar-refractivity contribution in [3.05, 3.63) is 35.9 Å². The molecule has 0 bridgehead atoms. The zero-order valence-electron chi connectivity index (χ0n) is 10.6. The molecular weight excluding hydrogens is 244 g/mol. The number of rotatable bonds is 4. The molecule has 0 saturated carbocycles. The van der Waals surface area contributed by atoms with Crippen molar-refractivity contribution in [2.75, 3.05) is 19.6 Å². The lowest BCUT2D eigenvalue weighted by atomic mass is 10.2. The van der Waals surface area contributed by atoms with E-state index in [1.54, 1.807) is 0 Å². The molecule has 0 atom stereocenters. The van der Waals surface area contributed by atoms with Gasteiger partial charge in [-0.25, -0.2) is 4.79 Å². The van der Waals surface area contributed by atoms with Gasteiger partial charge in [-0.2, -0.15) is 0 Å². The van der Waals surface area contributed by atoms with Gasteiger partial charge in [0, 0.05) is 19.5 Å². The number of amides is 2. The maximum absolute atomic E-state index is 12.2. The van der Waals surface area contributed by atoms with Crippen LogP contribution in [0.1, 0.15) is 12.0 Å². The van der Waals surface area contributed by atoms with Crippen LogP contribution in [0.2, 0.25) is 0 Å². The number of carbonyl (C=O) groups excluding carboxylic acids is 3. The number of urea groups is 1. The summed E-state index contributed by atoms with van der Waals surface area (Å²) in [5.74, 6) is 0.0686. The molecule has 0 radical (unpaired) electrons. The fraction of sp³-hybridized carbons (Fsp3) is 0.357. The van der Waals surface area contributed by atoms with Crippen molar-refractivity contribution in [1.29, 1.82) is 0 Å². The number of hydrogen-bond donors (Lipinski definition) is 0. The van der Waals surface area contributed by atoms with E-state index in [9.17, 15) is 14.4 Å². The van der Waals surface area contributed by atoms with Gasteiger partial charge in [0.25, 0.3) is 0 Å². The van der Waals surface area contributed by atoms with Gasteiger partial charge in [-0.15, -0.1) is 0 Å². The van der Waals surface area contributed by atoms with Gasteiger partial charge < -0.3 is 14.6 Å². The SMILES string of the molecule is O=CCN(Cc1ccccc1)C(=O)N1CCC(=O)C1. The van der Waals surface area contributed by atoms with E-state index in [4.69, 9.17) is 0 Å². The van der Waals surface area contributed by atoms with Gasteiger partial charge in [-0.1, -0.05) is 30.3 Å². The van der Waals surface area contributed by atoms with Crippen LogP contribution in [0.25, 0.3) is 0 Å². The van der Waals surface area contributed by atoms with E-state index in [1.165, 1.54) is 9.80 Å². The van der Waals surface area contributed by atoms with E-state index in [1.807, 2.05) is 30.3 Å². The predicted molar refractivity (Wildman–Crippen MR) is 69.5 cm³/mol. The Bertz CT molecular complexity index is 473. The van der Waals surface area contributed by atoms with Crippen LogP contribution < -0.4 is 0 Å². The van der Waals surface area contributed by atoms with Gasteiger partial charge in [-0.3, -0.25) is 4.79 Å². The quantitative estimate of drug-likeness (QED) is 0.761. The Morgan fingerprint density at radius 3 is 2.63 bits per heavy atom. The van der Waals surface area contributed by atoms with Crippen LogP contribution in [-0.4, -0.2) is 47.5 Å². The first-order valence-electron chi connectivity index (χ1n) is 6.24. The summed E-state index contributed by atoms with van der Waals surface area (Å²) in [4.78, 5) is 37.1. The monoisotopic (exact) mass is 260 g/mol. The predicted octanol–water partition coefficient (Wildman–Crippen LogP) is 1.08. The summed E-state index contributed by atoms with van der Waals surface area (Å²) < 4.78 is 0. The molecular formula is C14H16N2O3. The molecule has 0 aliphatic carbocycles. The third kappa shape index (κ3) is 3.40. The second-order valence-corrected chi connectivity index (χ2v) is 4.53. The Morgan fingerprint density at radius 2 is 2.05 bits per heavy atom. The minimum atomic E-state index is -0.248. The molecule has 1 aromatic rings. The summed E-state index contributed by atoms with van der Waals surface area (Å²) in [6.07, 6.45) is 1.12. The fourth-order valence-electron chi connectivity index (χ4n) is 2.10. The largest absolute Gasteiger partial charge is 0.321 e. The number of hydrogen-bond acceptors (Lipinski definition) is 3. The Kier molecular flexibility index (Phi) is 4.28. The van der Waals surface area contributed by atoms with Crippen molar-refractivity contribution in [3.63, 3.8) is 0 Å². The molecule has 2 amide bonds. The van der Waals surface area contributed by atoms with Crippen molar-refractivity contribution in [2.45, 2.75) is 13.0 Å². The number of ketones is 1. The van der Waals surface area contributed by atoms with Gasteiger partial charge in [0.2, 0.25) is 0 Å². The molecule has 5 heteroatoms. The molecule has 1 heterocycles. The number of nitrogens with zero attached hydrogens (tertiary/aromatic N) is 2. The first kappa shape index (κ1) is 13.3. The minimum absolute atomic E-state index is 0.0401. The first-order chi connectivity index (χ1) is 9.20. The maximum atomic E-state index is 12.2. The molecule has 0 spiro atoms. The lowest BCUT2D eigenvalue weighted by Crippen LogP contribution is -2.42. The lowest BCUT2D eigenvalue weighted by molar-refractivity contribution is -0.116. The number of benzene rings is 1. The van der Waals surface area contributed by atoms with Crippen LogP contribution in [0, 0.1) is 0 Å². The van der Waals surface area contributed by atoms with Gasteiger partial charge in [0.1, 0.15) is 6.29 Å². The molecule has 2 rings (SSSR count). The molecule has 1 aliphatic heterocycles. The van der Waals surface area contributed by atoms with Crippen LogP contribution >= 0.6 is 0 Å². The molecule has 1 fully saturated rings. The molecule has 1 saturated heterocycles. The van der Waals surface area contributed by atoms with Crippen LogP contribution in [0.5, 0.6) is 0 Å². The minimum Gasteiger partial charge on any atom is -0.317 e. The Labute approximate surface area is 111 Å². The average Bonchev–Trinajstić information content (AvgIpc) is 2.85. The summed E-state index contributed by atoms with van der Waals surface area (Å²) >= 11 is 0. The van der Waals surface area contributed by atoms with Crippen molar-refractivity contribution in [2.24, 2.45) is 0 Å². The van der Waals surface area contributed by atoms with E-state index in [0.717, 1.165) is 5.56 Å². The third-order valence-electron chi connectivity index (χ3n) is 3.08. The van der Waals surface area contributed by atoms with Crippen LogP contribution in [-0.2, 0) is 16.1 Å². The highest BCUT2D eigenvalue weighted by Gasteiger charge is 2.27. The highest BCUT2D eigenvalue weighted by molar-refractivity contribution is 5.89. The molecule has 5 nitrogen and oxygen atoms in total. The smallest absolute Gasteiger partial charge is 0.317 e. The highest BCUT2D eigenvalue weighted by atomic mass is 16.2. The van der Waals surface area contributed by atoms with Crippen molar-refractivity contribution in [3.8, 4) is 0 Å². The molecule has 1 aliphatic rings. The third-order valence-corrected chi connectivity index (χ3v) is 3.08. The zero-order chi connectivity index (χ0) is 13.7. The number of aldehydes is 1. The maximum Gasteiger partial charge on any atom is 0.321 e. The van der Waals surface area contributed by atoms with E-state index in [-0.39, 0.29) is 24.9 Å². The summed E-state index contributed by atoms with van der Waals surface area (Å²) in [7, 11) is 0. The topological polar surface area (TPSA) is 57.7 Å². The van der Waals surface area contributed by atoms with E-state index in [2.05, 4.69) is 0 Å². The molecule has 0 unspecified atom stereocenters. The summed E-state index contributed by atoms with van der Waals surface area (Å²) in [6, 6.07) is 9.23. The highest BCUT2D eigenvalue weighted by Crippen LogP contribution is 2.11. The molecule has 0 aromatic heterocycles. The van der Waals surface area contributed by atoms with Crippen LogP contribution in [0.15, 0.2) is 30.3 Å². The summed E-state index contributed by atoms with van der Waals surface area (Å²) in [6.45, 7) is 1.02. The number of likely N-dealkylation sites (tertiary alicyclic amines) is 1. The number of carbonyl (C=O) groups is 3. The molecule has 1 aromatic carbocycles. The molecule has 100 valence electrons. The molecule has 19 heavy (non-hydrogen) atoms. The summed E-state index contributed by atoms with van der Waals surface area (Å²) in [5, 5.41) is 0. The lowest BCUT2D eigenvalue weighted by Gasteiger charge is -2.25. The first-order valence-corrected chi connectivity index (χ1v) is 6.24. The van der Waals surface area contributed by atoms with Gasteiger partial charge >= 0.3 is 6.03 Å². The number of Topliss-reactive ketones (excluding diaryl/α,β-unsaturated/α-hetero) is 1. The van der Waals surface area contributed by atoms with Gasteiger partial charge in [0.05, 0.1) is 13.1 Å². The Balaban J connectivity index is 2.04.